The molecule has 2 aliphatic rings. The third-order valence-electron chi connectivity index (χ3n) is 2.64. The molecule has 88 valence electrons. The monoisotopic (exact) mass is 227 g/mol. The molecule has 1 unspecified atom stereocenters. The Morgan fingerprint density at radius 3 is 2.62 bits per heavy atom. The van der Waals surface area contributed by atoms with Gasteiger partial charge in [0.1, 0.15) is 0 Å². The fourth-order valence-corrected chi connectivity index (χ4v) is 1.72. The second-order valence-corrected chi connectivity index (χ2v) is 3.76. The molecule has 0 saturated carbocycles. The van der Waals surface area contributed by atoms with E-state index in [1.807, 2.05) is 0 Å². The van der Waals surface area contributed by atoms with Gasteiger partial charge in [0, 0.05) is 20.1 Å². The summed E-state index contributed by atoms with van der Waals surface area (Å²) in [7, 11) is 1.29. The Bertz CT molecular complexity index is 338. The molecule has 2 rings (SSSR count). The summed E-state index contributed by atoms with van der Waals surface area (Å²) in [5.41, 5.74) is 0. The summed E-state index contributed by atoms with van der Waals surface area (Å²) in [6.07, 6.45) is -0.235. The smallest absolute Gasteiger partial charge is 0.334 e. The van der Waals surface area contributed by atoms with E-state index in [9.17, 15) is 14.4 Å². The number of carbonyl (C=O) groups is 3. The third kappa shape index (κ3) is 1.79. The van der Waals surface area contributed by atoms with Gasteiger partial charge in [-0.05, 0) is 0 Å². The second kappa shape index (κ2) is 4.18. The van der Waals surface area contributed by atoms with E-state index in [1.165, 1.54) is 7.05 Å². The average molecular weight is 227 g/mol. The van der Waals surface area contributed by atoms with Gasteiger partial charge in [0.15, 0.2) is 0 Å². The molecule has 1 N–H and O–H groups in total. The van der Waals surface area contributed by atoms with E-state index in [4.69, 9.17) is 4.74 Å². The molecule has 2 saturated heterocycles. The molecule has 0 radical (unpaired) electrons. The standard InChI is InChI=1S/C9H13N3O4/c1-11-7(13)8(14)12(9(11)15)5-6-4-10-2-3-16-6/h6,10H,2-5H2,1H3. The lowest BCUT2D eigenvalue weighted by Gasteiger charge is -2.26. The van der Waals surface area contributed by atoms with Crippen molar-refractivity contribution in [3.8, 4) is 0 Å². The number of hydrogen-bond donors (Lipinski definition) is 1. The lowest BCUT2D eigenvalue weighted by molar-refractivity contribution is -0.143. The van der Waals surface area contributed by atoms with Gasteiger partial charge >= 0.3 is 17.8 Å². The van der Waals surface area contributed by atoms with Crippen molar-refractivity contribution >= 4 is 17.8 Å². The van der Waals surface area contributed by atoms with E-state index in [0.717, 1.165) is 16.3 Å². The van der Waals surface area contributed by atoms with Crippen LogP contribution in [0.3, 0.4) is 0 Å². The first-order chi connectivity index (χ1) is 7.61. The van der Waals surface area contributed by atoms with Gasteiger partial charge in [0.2, 0.25) is 0 Å². The minimum atomic E-state index is -0.784. The number of nitrogens with one attached hydrogen (secondary N) is 1. The number of nitrogens with zero attached hydrogens (tertiary/aromatic N) is 2. The van der Waals surface area contributed by atoms with Gasteiger partial charge in [0.05, 0.1) is 19.3 Å². The van der Waals surface area contributed by atoms with Crippen molar-refractivity contribution in [2.24, 2.45) is 0 Å². The number of imide groups is 2. The zero-order valence-corrected chi connectivity index (χ0v) is 8.93. The number of ether oxygens (including phenoxy) is 1. The molecule has 1 atom stereocenters. The fourth-order valence-electron chi connectivity index (χ4n) is 1.72. The molecule has 2 heterocycles. The van der Waals surface area contributed by atoms with Crippen molar-refractivity contribution in [2.45, 2.75) is 6.10 Å². The minimum absolute atomic E-state index is 0.126. The Hall–Kier alpha value is -1.47. The van der Waals surface area contributed by atoms with E-state index < -0.39 is 17.8 Å². The van der Waals surface area contributed by atoms with Gasteiger partial charge in [-0.1, -0.05) is 0 Å². The summed E-state index contributed by atoms with van der Waals surface area (Å²) < 4.78 is 5.37. The molecule has 4 amide bonds. The number of hydrogen-bond acceptors (Lipinski definition) is 5. The Labute approximate surface area is 92.3 Å². The Kier molecular flexibility index (Phi) is 2.88. The number of likely N-dealkylation sites (N-methyl/N-ethyl adjacent to an activating group) is 1. The summed E-state index contributed by atoms with van der Waals surface area (Å²) in [6, 6.07) is -0.579. The molecule has 0 spiro atoms. The van der Waals surface area contributed by atoms with E-state index in [0.29, 0.717) is 13.2 Å². The second-order valence-electron chi connectivity index (χ2n) is 3.76. The summed E-state index contributed by atoms with van der Waals surface area (Å²) in [5, 5.41) is 3.09. The molecule has 16 heavy (non-hydrogen) atoms. The molecule has 2 aliphatic heterocycles. The molecular weight excluding hydrogens is 214 g/mol. The van der Waals surface area contributed by atoms with Crippen molar-refractivity contribution in [2.75, 3.05) is 33.3 Å². The maximum Gasteiger partial charge on any atom is 0.334 e. The van der Waals surface area contributed by atoms with Crippen molar-refractivity contribution in [3.05, 3.63) is 0 Å². The van der Waals surface area contributed by atoms with Crippen LogP contribution in [0.4, 0.5) is 4.79 Å². The van der Waals surface area contributed by atoms with Crippen molar-refractivity contribution < 1.29 is 19.1 Å². The predicted octanol–water partition coefficient (Wildman–Crippen LogP) is -1.60. The fraction of sp³-hybridized carbons (Fsp3) is 0.667. The van der Waals surface area contributed by atoms with Crippen LogP contribution in [0.2, 0.25) is 0 Å². The van der Waals surface area contributed by atoms with E-state index in [1.54, 1.807) is 0 Å². The maximum absolute atomic E-state index is 11.5. The zero-order valence-electron chi connectivity index (χ0n) is 8.93. The average Bonchev–Trinajstić information content (AvgIpc) is 2.48. The first-order valence-electron chi connectivity index (χ1n) is 5.07. The lowest BCUT2D eigenvalue weighted by atomic mass is 10.3. The Morgan fingerprint density at radius 1 is 1.38 bits per heavy atom. The van der Waals surface area contributed by atoms with Gasteiger partial charge in [-0.15, -0.1) is 0 Å². The molecule has 0 aromatic heterocycles. The highest BCUT2D eigenvalue weighted by Crippen LogP contribution is 2.11. The highest BCUT2D eigenvalue weighted by molar-refractivity contribution is 6.44. The first kappa shape index (κ1) is 11.0. The van der Waals surface area contributed by atoms with Gasteiger partial charge in [0.25, 0.3) is 0 Å². The number of rotatable bonds is 2. The predicted molar refractivity (Wildman–Crippen MR) is 52.5 cm³/mol. The van der Waals surface area contributed by atoms with Crippen LogP contribution in [0.1, 0.15) is 0 Å². The SMILES string of the molecule is CN1C(=O)C(=O)N(CC2CNCCO2)C1=O. The molecular formula is C9H13N3O4. The molecule has 2 fully saturated rings. The largest absolute Gasteiger partial charge is 0.374 e. The van der Waals surface area contributed by atoms with Gasteiger partial charge < -0.3 is 10.1 Å². The summed E-state index contributed by atoms with van der Waals surface area (Å²) in [5.74, 6) is -1.56. The normalized spacial score (nSPS) is 26.8. The quantitative estimate of drug-likeness (QED) is 0.454. The minimum Gasteiger partial charge on any atom is -0.374 e. The zero-order chi connectivity index (χ0) is 11.7. The van der Waals surface area contributed by atoms with Crippen molar-refractivity contribution in [3.63, 3.8) is 0 Å². The summed E-state index contributed by atoms with van der Waals surface area (Å²) in [6.45, 7) is 2.01. The number of urea groups is 1. The van der Waals surface area contributed by atoms with Gasteiger partial charge in [-0.3, -0.25) is 19.4 Å². The highest BCUT2D eigenvalue weighted by Gasteiger charge is 2.43. The molecule has 0 bridgehead atoms. The van der Waals surface area contributed by atoms with Crippen LogP contribution >= 0.6 is 0 Å². The molecule has 0 aliphatic carbocycles. The van der Waals surface area contributed by atoms with Crippen LogP contribution in [0.25, 0.3) is 0 Å². The number of morpholine rings is 1. The van der Waals surface area contributed by atoms with E-state index >= 15 is 0 Å². The van der Waals surface area contributed by atoms with Gasteiger partial charge in [-0.2, -0.15) is 0 Å². The van der Waals surface area contributed by atoms with Crippen LogP contribution in [0.5, 0.6) is 0 Å². The number of carbonyl (C=O) groups excluding carboxylic acids is 3. The van der Waals surface area contributed by atoms with Crippen LogP contribution in [-0.2, 0) is 14.3 Å². The maximum atomic E-state index is 11.5. The summed E-state index contributed by atoms with van der Waals surface area (Å²) >= 11 is 0. The van der Waals surface area contributed by atoms with Crippen LogP contribution in [-0.4, -0.2) is 67.0 Å². The van der Waals surface area contributed by atoms with E-state index in [2.05, 4.69) is 5.32 Å². The van der Waals surface area contributed by atoms with Crippen molar-refractivity contribution in [1.29, 1.82) is 0 Å². The molecule has 7 heteroatoms. The topological polar surface area (TPSA) is 79.0 Å². The molecule has 0 aromatic rings. The Morgan fingerprint density at radius 2 is 2.12 bits per heavy atom. The van der Waals surface area contributed by atoms with Gasteiger partial charge in [-0.25, -0.2) is 4.79 Å². The summed E-state index contributed by atoms with van der Waals surface area (Å²) in [4.78, 5) is 35.9. The van der Waals surface area contributed by atoms with Crippen LogP contribution in [0.15, 0.2) is 0 Å². The van der Waals surface area contributed by atoms with Crippen molar-refractivity contribution in [1.82, 2.24) is 15.1 Å². The van der Waals surface area contributed by atoms with Crippen LogP contribution in [0, 0.1) is 0 Å². The third-order valence-corrected chi connectivity index (χ3v) is 2.64. The molecule has 0 aromatic carbocycles. The van der Waals surface area contributed by atoms with E-state index in [-0.39, 0.29) is 12.6 Å². The number of amides is 4. The van der Waals surface area contributed by atoms with Crippen LogP contribution < -0.4 is 5.32 Å². The first-order valence-corrected chi connectivity index (χ1v) is 5.07. The highest BCUT2D eigenvalue weighted by atomic mass is 16.5. The Balaban J connectivity index is 2.01. The lowest BCUT2D eigenvalue weighted by Crippen LogP contribution is -2.47. The molecule has 7 nitrogen and oxygen atoms in total.